The lowest BCUT2D eigenvalue weighted by Crippen LogP contribution is -2.22. The van der Waals surface area contributed by atoms with Gasteiger partial charge in [0.05, 0.1) is 0 Å². The second-order valence-electron chi connectivity index (χ2n) is 4.45. The Balaban J connectivity index is 1.98. The molecule has 0 bridgehead atoms. The molecule has 0 saturated heterocycles. The molecule has 0 radical (unpaired) electrons. The molecule has 17 heavy (non-hydrogen) atoms. The number of hydrogen-bond acceptors (Lipinski definition) is 3. The fraction of sp³-hybridized carbons (Fsp3) is 0.429. The van der Waals surface area contributed by atoms with Gasteiger partial charge in [0, 0.05) is 11.2 Å². The van der Waals surface area contributed by atoms with Crippen LogP contribution in [-0.4, -0.2) is 32.1 Å². The van der Waals surface area contributed by atoms with Crippen molar-refractivity contribution in [3.63, 3.8) is 0 Å². The normalized spacial score (nSPS) is 11.5. The van der Waals surface area contributed by atoms with Gasteiger partial charge in [-0.15, -0.1) is 11.3 Å². The van der Waals surface area contributed by atoms with Crippen LogP contribution in [0.4, 0.5) is 0 Å². The van der Waals surface area contributed by atoms with Crippen LogP contribution in [-0.2, 0) is 6.54 Å². The number of nitrogens with zero attached hydrogens (tertiary/aromatic N) is 1. The number of thiophene rings is 1. The number of fused-ring (bicyclic) bond motifs is 1. The molecule has 0 saturated carbocycles. The Kier molecular flexibility index (Phi) is 4.54. The van der Waals surface area contributed by atoms with E-state index in [-0.39, 0.29) is 0 Å². The van der Waals surface area contributed by atoms with Crippen molar-refractivity contribution in [1.29, 1.82) is 0 Å². The Labute approximate surface area is 107 Å². The lowest BCUT2D eigenvalue weighted by atomic mass is 10.1. The molecule has 3 heteroatoms. The quantitative estimate of drug-likeness (QED) is 0.791. The van der Waals surface area contributed by atoms with Crippen LogP contribution in [0.15, 0.2) is 29.6 Å². The van der Waals surface area contributed by atoms with E-state index < -0.39 is 0 Å². The second-order valence-corrected chi connectivity index (χ2v) is 5.36. The number of hydrogen-bond donors (Lipinski definition) is 1. The Hall–Kier alpha value is -0.900. The van der Waals surface area contributed by atoms with Gasteiger partial charge in [-0.2, -0.15) is 0 Å². The van der Waals surface area contributed by atoms with Crippen LogP contribution in [0.5, 0.6) is 0 Å². The van der Waals surface area contributed by atoms with Crippen LogP contribution in [0.2, 0.25) is 0 Å². The van der Waals surface area contributed by atoms with Crippen molar-refractivity contribution in [2.45, 2.75) is 13.0 Å². The van der Waals surface area contributed by atoms with E-state index >= 15 is 0 Å². The van der Waals surface area contributed by atoms with Gasteiger partial charge in [-0.25, -0.2) is 0 Å². The van der Waals surface area contributed by atoms with Crippen molar-refractivity contribution >= 4 is 21.4 Å². The predicted octanol–water partition coefficient (Wildman–Crippen LogP) is 2.94. The molecule has 0 aliphatic heterocycles. The zero-order chi connectivity index (χ0) is 12.1. The van der Waals surface area contributed by atoms with Gasteiger partial charge in [0.15, 0.2) is 0 Å². The lowest BCUT2D eigenvalue weighted by molar-refractivity contribution is 0.322. The van der Waals surface area contributed by atoms with Crippen LogP contribution in [0.1, 0.15) is 12.0 Å². The van der Waals surface area contributed by atoms with E-state index in [1.165, 1.54) is 22.1 Å². The summed E-state index contributed by atoms with van der Waals surface area (Å²) in [6.45, 7) is 3.29. The van der Waals surface area contributed by atoms with Crippen molar-refractivity contribution in [2.75, 3.05) is 27.2 Å². The van der Waals surface area contributed by atoms with E-state index in [9.17, 15) is 0 Å². The summed E-state index contributed by atoms with van der Waals surface area (Å²) < 4.78 is 1.39. The van der Waals surface area contributed by atoms with Gasteiger partial charge in [0.25, 0.3) is 0 Å². The van der Waals surface area contributed by atoms with E-state index in [0.717, 1.165) is 19.6 Å². The Morgan fingerprint density at radius 2 is 2.12 bits per heavy atom. The molecule has 0 spiro atoms. The number of benzene rings is 1. The van der Waals surface area contributed by atoms with E-state index in [1.54, 1.807) is 0 Å². The van der Waals surface area contributed by atoms with Crippen LogP contribution in [0, 0.1) is 0 Å². The molecule has 1 aromatic carbocycles. The van der Waals surface area contributed by atoms with Crippen LogP contribution in [0.25, 0.3) is 10.1 Å². The van der Waals surface area contributed by atoms with Crippen LogP contribution >= 0.6 is 11.3 Å². The molecule has 0 unspecified atom stereocenters. The van der Waals surface area contributed by atoms with Crippen LogP contribution in [0.3, 0.4) is 0 Å². The van der Waals surface area contributed by atoms with Gasteiger partial charge >= 0.3 is 0 Å². The molecule has 0 aliphatic rings. The lowest BCUT2D eigenvalue weighted by Gasteiger charge is -2.15. The zero-order valence-electron chi connectivity index (χ0n) is 10.6. The van der Waals surface area contributed by atoms with Crippen molar-refractivity contribution in [2.24, 2.45) is 0 Å². The van der Waals surface area contributed by atoms with E-state index in [2.05, 4.69) is 46.9 Å². The highest BCUT2D eigenvalue weighted by atomic mass is 32.1. The smallest absolute Gasteiger partial charge is 0.0346 e. The fourth-order valence-electron chi connectivity index (χ4n) is 2.05. The van der Waals surface area contributed by atoms with Gasteiger partial charge in [-0.3, -0.25) is 0 Å². The first kappa shape index (κ1) is 12.6. The third-order valence-electron chi connectivity index (χ3n) is 2.97. The standard InChI is InChI=1S/C14H20N2S/c1-15-8-5-9-16(2)10-12-11-17-14-7-4-3-6-13(12)14/h3-4,6-7,11,15H,5,8-10H2,1-2H3. The van der Waals surface area contributed by atoms with Crippen molar-refractivity contribution in [3.05, 3.63) is 35.2 Å². The maximum Gasteiger partial charge on any atom is 0.0346 e. The zero-order valence-corrected chi connectivity index (χ0v) is 11.4. The van der Waals surface area contributed by atoms with Crippen LogP contribution < -0.4 is 5.32 Å². The second kappa shape index (κ2) is 6.15. The molecule has 0 atom stereocenters. The highest BCUT2D eigenvalue weighted by molar-refractivity contribution is 7.17. The minimum Gasteiger partial charge on any atom is -0.320 e. The summed E-state index contributed by atoms with van der Waals surface area (Å²) in [4.78, 5) is 2.39. The number of rotatable bonds is 6. The van der Waals surface area contributed by atoms with Crippen molar-refractivity contribution < 1.29 is 0 Å². The molecule has 1 N–H and O–H groups in total. The summed E-state index contributed by atoms with van der Waals surface area (Å²) in [5, 5.41) is 6.89. The molecule has 0 amide bonds. The maximum absolute atomic E-state index is 3.19. The topological polar surface area (TPSA) is 15.3 Å². The van der Waals surface area contributed by atoms with Crippen molar-refractivity contribution in [3.8, 4) is 0 Å². The SMILES string of the molecule is CNCCCN(C)Cc1csc2ccccc12. The molecule has 1 aromatic heterocycles. The van der Waals surface area contributed by atoms with Gasteiger partial charge in [-0.1, -0.05) is 18.2 Å². The molecule has 92 valence electrons. The van der Waals surface area contributed by atoms with Gasteiger partial charge in [-0.05, 0) is 56.0 Å². The largest absolute Gasteiger partial charge is 0.320 e. The molecule has 2 nitrogen and oxygen atoms in total. The van der Waals surface area contributed by atoms with E-state index in [0.29, 0.717) is 0 Å². The predicted molar refractivity (Wildman–Crippen MR) is 76.7 cm³/mol. The average Bonchev–Trinajstić information content (AvgIpc) is 2.73. The minimum atomic E-state index is 1.05. The van der Waals surface area contributed by atoms with E-state index in [4.69, 9.17) is 0 Å². The van der Waals surface area contributed by atoms with Gasteiger partial charge in [0.2, 0.25) is 0 Å². The molecular formula is C14H20N2S. The summed E-state index contributed by atoms with van der Waals surface area (Å²) in [5.74, 6) is 0. The first-order chi connectivity index (χ1) is 8.31. The summed E-state index contributed by atoms with van der Waals surface area (Å²) in [6.07, 6.45) is 1.20. The van der Waals surface area contributed by atoms with Gasteiger partial charge in [0.1, 0.15) is 0 Å². The van der Waals surface area contributed by atoms with E-state index in [1.807, 2.05) is 18.4 Å². The van der Waals surface area contributed by atoms with Crippen molar-refractivity contribution in [1.82, 2.24) is 10.2 Å². The summed E-state index contributed by atoms with van der Waals surface area (Å²) in [6, 6.07) is 8.66. The molecule has 2 rings (SSSR count). The summed E-state index contributed by atoms with van der Waals surface area (Å²) in [7, 11) is 4.20. The molecule has 2 aromatic rings. The third kappa shape index (κ3) is 3.28. The molecule has 0 fully saturated rings. The Morgan fingerprint density at radius 3 is 2.94 bits per heavy atom. The first-order valence-corrected chi connectivity index (χ1v) is 6.97. The third-order valence-corrected chi connectivity index (χ3v) is 3.98. The minimum absolute atomic E-state index is 1.05. The molecule has 0 aliphatic carbocycles. The molecule has 1 heterocycles. The Bertz CT molecular complexity index is 464. The Morgan fingerprint density at radius 1 is 1.29 bits per heavy atom. The molecular weight excluding hydrogens is 228 g/mol. The maximum atomic E-state index is 3.19. The van der Waals surface area contributed by atoms with Gasteiger partial charge < -0.3 is 10.2 Å². The summed E-state index contributed by atoms with van der Waals surface area (Å²) in [5.41, 5.74) is 1.46. The fourth-order valence-corrected chi connectivity index (χ4v) is 3.00. The highest BCUT2D eigenvalue weighted by Gasteiger charge is 2.05. The highest BCUT2D eigenvalue weighted by Crippen LogP contribution is 2.26. The monoisotopic (exact) mass is 248 g/mol. The number of nitrogens with one attached hydrogen (secondary N) is 1. The summed E-state index contributed by atoms with van der Waals surface area (Å²) >= 11 is 1.85. The first-order valence-electron chi connectivity index (χ1n) is 6.09. The average molecular weight is 248 g/mol.